The number of H-pyrrole nitrogens is 1. The first-order valence-corrected chi connectivity index (χ1v) is 9.05. The van der Waals surface area contributed by atoms with Gasteiger partial charge in [0.1, 0.15) is 0 Å². The van der Waals surface area contributed by atoms with Crippen LogP contribution in [0.1, 0.15) is 19.5 Å². The SMILES string of the molecule is CC(C)N=c1scc(-c2ccc(Cl)cc2Cl)n1N=Cc1ccc[nH]1. The zero-order chi connectivity index (χ0) is 17.1. The van der Waals surface area contributed by atoms with Crippen molar-refractivity contribution in [2.45, 2.75) is 19.9 Å². The van der Waals surface area contributed by atoms with Crippen molar-refractivity contribution in [2.75, 3.05) is 0 Å². The van der Waals surface area contributed by atoms with Gasteiger partial charge in [-0.3, -0.25) is 4.99 Å². The summed E-state index contributed by atoms with van der Waals surface area (Å²) < 4.78 is 1.81. The van der Waals surface area contributed by atoms with Gasteiger partial charge >= 0.3 is 0 Å². The van der Waals surface area contributed by atoms with E-state index in [2.05, 4.69) is 15.1 Å². The third-order valence-electron chi connectivity index (χ3n) is 3.20. The Morgan fingerprint density at radius 2 is 2.08 bits per heavy atom. The predicted octanol–water partition coefficient (Wildman–Crippen LogP) is 5.04. The van der Waals surface area contributed by atoms with E-state index in [0.29, 0.717) is 10.0 Å². The Balaban J connectivity index is 2.14. The minimum atomic E-state index is 0.170. The van der Waals surface area contributed by atoms with E-state index < -0.39 is 0 Å². The molecule has 0 bridgehead atoms. The highest BCUT2D eigenvalue weighted by atomic mass is 35.5. The first-order chi connectivity index (χ1) is 11.5. The van der Waals surface area contributed by atoms with E-state index in [1.807, 2.05) is 49.7 Å². The number of nitrogens with zero attached hydrogens (tertiary/aromatic N) is 3. The lowest BCUT2D eigenvalue weighted by atomic mass is 10.2. The maximum absolute atomic E-state index is 6.37. The predicted molar refractivity (Wildman–Crippen MR) is 102 cm³/mol. The van der Waals surface area contributed by atoms with Crippen LogP contribution in [0, 0.1) is 0 Å². The van der Waals surface area contributed by atoms with Gasteiger partial charge < -0.3 is 4.98 Å². The third kappa shape index (κ3) is 3.80. The zero-order valence-corrected chi connectivity index (χ0v) is 15.5. The number of benzene rings is 1. The lowest BCUT2D eigenvalue weighted by Gasteiger charge is -2.06. The number of hydrogen-bond donors (Lipinski definition) is 1. The number of rotatable bonds is 4. The molecule has 0 atom stereocenters. The van der Waals surface area contributed by atoms with Crippen LogP contribution in [0.5, 0.6) is 0 Å². The zero-order valence-electron chi connectivity index (χ0n) is 13.2. The van der Waals surface area contributed by atoms with E-state index in [4.69, 9.17) is 23.2 Å². The molecule has 2 heterocycles. The van der Waals surface area contributed by atoms with E-state index >= 15 is 0 Å². The van der Waals surface area contributed by atoms with Gasteiger partial charge in [0.25, 0.3) is 0 Å². The highest BCUT2D eigenvalue weighted by molar-refractivity contribution is 7.07. The number of thiazole rings is 1. The van der Waals surface area contributed by atoms with E-state index in [1.54, 1.807) is 17.0 Å². The summed E-state index contributed by atoms with van der Waals surface area (Å²) in [6, 6.07) is 9.49. The molecule has 124 valence electrons. The molecule has 2 aromatic heterocycles. The molecular weight excluding hydrogens is 363 g/mol. The Bertz CT molecular complexity index is 920. The van der Waals surface area contributed by atoms with Gasteiger partial charge in [-0.15, -0.1) is 11.3 Å². The standard InChI is InChI=1S/C17H16Cl2N4S/c1-11(2)22-17-23(21-9-13-4-3-7-20-13)16(10-24-17)14-6-5-12(18)8-15(14)19/h3-11,20H,1-2H3. The smallest absolute Gasteiger partial charge is 0.206 e. The van der Waals surface area contributed by atoms with Crippen LogP contribution in [0.25, 0.3) is 11.3 Å². The second-order valence-corrected chi connectivity index (χ2v) is 7.11. The summed E-state index contributed by atoms with van der Waals surface area (Å²) in [5.41, 5.74) is 2.66. The molecule has 0 fully saturated rings. The Morgan fingerprint density at radius 1 is 1.25 bits per heavy atom. The number of nitrogens with one attached hydrogen (secondary N) is 1. The van der Waals surface area contributed by atoms with Gasteiger partial charge in [0.2, 0.25) is 4.80 Å². The van der Waals surface area contributed by atoms with Crippen molar-refractivity contribution in [1.29, 1.82) is 0 Å². The summed E-state index contributed by atoms with van der Waals surface area (Å²) in [6.45, 7) is 4.07. The maximum Gasteiger partial charge on any atom is 0.206 e. The van der Waals surface area contributed by atoms with Crippen molar-refractivity contribution in [3.05, 3.63) is 62.4 Å². The largest absolute Gasteiger partial charge is 0.360 e. The molecule has 3 rings (SSSR count). The molecule has 0 aliphatic heterocycles. The van der Waals surface area contributed by atoms with Crippen LogP contribution in [-0.4, -0.2) is 21.9 Å². The van der Waals surface area contributed by atoms with Gasteiger partial charge in [-0.05, 0) is 44.2 Å². The summed E-state index contributed by atoms with van der Waals surface area (Å²) in [5.74, 6) is 0. The van der Waals surface area contributed by atoms with Gasteiger partial charge in [-0.25, -0.2) is 4.68 Å². The highest BCUT2D eigenvalue weighted by Gasteiger charge is 2.11. The number of aromatic amines is 1. The first kappa shape index (κ1) is 17.0. The molecule has 3 aromatic rings. The van der Waals surface area contributed by atoms with E-state index in [0.717, 1.165) is 21.8 Å². The van der Waals surface area contributed by atoms with E-state index in [1.165, 1.54) is 11.3 Å². The van der Waals surface area contributed by atoms with Crippen LogP contribution < -0.4 is 4.80 Å². The van der Waals surface area contributed by atoms with Crippen molar-refractivity contribution in [3.63, 3.8) is 0 Å². The van der Waals surface area contributed by atoms with Crippen molar-refractivity contribution in [2.24, 2.45) is 10.1 Å². The second-order valence-electron chi connectivity index (χ2n) is 5.43. The molecule has 1 aromatic carbocycles. The summed E-state index contributed by atoms with van der Waals surface area (Å²) in [4.78, 5) is 8.56. The van der Waals surface area contributed by atoms with Crippen LogP contribution in [0.4, 0.5) is 0 Å². The van der Waals surface area contributed by atoms with Crippen LogP contribution >= 0.6 is 34.5 Å². The van der Waals surface area contributed by atoms with Gasteiger partial charge in [-0.2, -0.15) is 5.10 Å². The Kier molecular flexibility index (Phi) is 5.23. The highest BCUT2D eigenvalue weighted by Crippen LogP contribution is 2.30. The fourth-order valence-electron chi connectivity index (χ4n) is 2.15. The van der Waals surface area contributed by atoms with Crippen LogP contribution in [0.2, 0.25) is 10.0 Å². The lowest BCUT2D eigenvalue weighted by Crippen LogP contribution is -2.14. The fraction of sp³-hybridized carbons (Fsp3) is 0.176. The van der Waals surface area contributed by atoms with Gasteiger partial charge in [0, 0.05) is 28.2 Å². The van der Waals surface area contributed by atoms with Crippen molar-refractivity contribution in [3.8, 4) is 11.3 Å². The molecule has 0 saturated heterocycles. The first-order valence-electron chi connectivity index (χ1n) is 7.42. The monoisotopic (exact) mass is 378 g/mol. The molecule has 0 aliphatic rings. The summed E-state index contributed by atoms with van der Waals surface area (Å²) in [6.07, 6.45) is 3.62. The summed E-state index contributed by atoms with van der Waals surface area (Å²) in [5, 5.41) is 7.78. The molecular formula is C17H16Cl2N4S. The quantitative estimate of drug-likeness (QED) is 0.617. The Labute approximate surface area is 154 Å². The maximum atomic E-state index is 6.37. The minimum absolute atomic E-state index is 0.170. The van der Waals surface area contributed by atoms with E-state index in [-0.39, 0.29) is 6.04 Å². The lowest BCUT2D eigenvalue weighted by molar-refractivity contribution is 0.754. The molecule has 0 saturated carbocycles. The van der Waals surface area contributed by atoms with Crippen LogP contribution in [0.15, 0.2) is 52.0 Å². The number of hydrogen-bond acceptors (Lipinski definition) is 3. The molecule has 24 heavy (non-hydrogen) atoms. The second kappa shape index (κ2) is 7.38. The normalized spacial score (nSPS) is 12.6. The minimum Gasteiger partial charge on any atom is -0.360 e. The van der Waals surface area contributed by atoms with Gasteiger partial charge in [0.05, 0.1) is 22.6 Å². The molecule has 0 unspecified atom stereocenters. The van der Waals surface area contributed by atoms with Gasteiger partial charge in [-0.1, -0.05) is 23.2 Å². The van der Waals surface area contributed by atoms with Crippen molar-refractivity contribution < 1.29 is 0 Å². The molecule has 0 radical (unpaired) electrons. The third-order valence-corrected chi connectivity index (χ3v) is 4.57. The number of halogens is 2. The van der Waals surface area contributed by atoms with Crippen LogP contribution in [0.3, 0.4) is 0 Å². The molecule has 1 N–H and O–H groups in total. The average Bonchev–Trinajstić information content (AvgIpc) is 3.15. The number of aromatic nitrogens is 2. The Morgan fingerprint density at radius 3 is 2.75 bits per heavy atom. The molecule has 0 spiro atoms. The topological polar surface area (TPSA) is 45.4 Å². The fourth-order valence-corrected chi connectivity index (χ4v) is 3.61. The Hall–Kier alpha value is -1.82. The molecule has 0 amide bonds. The van der Waals surface area contributed by atoms with Crippen molar-refractivity contribution in [1.82, 2.24) is 9.66 Å². The molecule has 4 nitrogen and oxygen atoms in total. The average molecular weight is 379 g/mol. The summed E-state index contributed by atoms with van der Waals surface area (Å²) >= 11 is 13.9. The molecule has 0 aliphatic carbocycles. The van der Waals surface area contributed by atoms with E-state index in [9.17, 15) is 0 Å². The van der Waals surface area contributed by atoms with Crippen molar-refractivity contribution >= 4 is 40.8 Å². The van der Waals surface area contributed by atoms with Gasteiger partial charge in [0.15, 0.2) is 0 Å². The molecule has 7 heteroatoms. The summed E-state index contributed by atoms with van der Waals surface area (Å²) in [7, 11) is 0. The van der Waals surface area contributed by atoms with Crippen LogP contribution in [-0.2, 0) is 0 Å².